The fourth-order valence-corrected chi connectivity index (χ4v) is 6.68. The summed E-state index contributed by atoms with van der Waals surface area (Å²) in [6.45, 7) is 4.11. The summed E-state index contributed by atoms with van der Waals surface area (Å²) in [5, 5.41) is 23.7. The zero-order chi connectivity index (χ0) is 17.9. The van der Waals surface area contributed by atoms with Crippen molar-refractivity contribution in [3.63, 3.8) is 0 Å². The number of nitrogens with one attached hydrogen (secondary N) is 1. The predicted molar refractivity (Wildman–Crippen MR) is 99.6 cm³/mol. The van der Waals surface area contributed by atoms with Crippen molar-refractivity contribution >= 4 is 5.82 Å². The standard InChI is InChI=1S/C21H28N4O/c1-13-2-3-15(11-22)20(23-13)24-18-4-5-25(12-18)19-16-6-14-7-17(19)10-21(26,8-14)9-16/h2-3,14,16-19,26H,4-10,12H2,1H3,(H,23,24)/t14?,16-,17?,18+,19?,21?/m0/s1. The molecule has 1 aromatic rings. The Bertz CT molecular complexity index is 741. The molecule has 1 aromatic heterocycles. The third-order valence-corrected chi connectivity index (χ3v) is 7.33. The molecule has 6 atom stereocenters. The van der Waals surface area contributed by atoms with E-state index in [0.29, 0.717) is 29.5 Å². The van der Waals surface area contributed by atoms with Crippen molar-refractivity contribution in [2.75, 3.05) is 18.4 Å². The molecule has 1 aliphatic heterocycles. The van der Waals surface area contributed by atoms with Gasteiger partial charge in [0, 0.05) is 30.9 Å². The topological polar surface area (TPSA) is 72.2 Å². The first-order valence-corrected chi connectivity index (χ1v) is 10.1. The number of anilines is 1. The molecular formula is C21H28N4O. The molecule has 4 unspecified atom stereocenters. The number of aromatic nitrogens is 1. The Morgan fingerprint density at radius 1 is 1.27 bits per heavy atom. The number of nitrogens with zero attached hydrogens (tertiary/aromatic N) is 3. The molecule has 2 heterocycles. The fourth-order valence-electron chi connectivity index (χ4n) is 6.68. The lowest BCUT2D eigenvalue weighted by molar-refractivity contribution is -0.157. The number of hydrogen-bond donors (Lipinski definition) is 2. The lowest BCUT2D eigenvalue weighted by Gasteiger charge is -2.60. The van der Waals surface area contributed by atoms with Crippen LogP contribution >= 0.6 is 0 Å². The van der Waals surface area contributed by atoms with Crippen molar-refractivity contribution in [2.24, 2.45) is 17.8 Å². The van der Waals surface area contributed by atoms with E-state index < -0.39 is 0 Å². The van der Waals surface area contributed by atoms with Gasteiger partial charge in [0.15, 0.2) is 0 Å². The minimum absolute atomic E-state index is 0.350. The van der Waals surface area contributed by atoms with E-state index in [2.05, 4.69) is 21.3 Å². The zero-order valence-electron chi connectivity index (χ0n) is 15.5. The van der Waals surface area contributed by atoms with E-state index in [1.807, 2.05) is 19.1 Å². The second kappa shape index (κ2) is 5.94. The van der Waals surface area contributed by atoms with Crippen LogP contribution in [0.3, 0.4) is 0 Å². The fraction of sp³-hybridized carbons (Fsp3) is 0.714. The summed E-state index contributed by atoms with van der Waals surface area (Å²) in [6, 6.07) is 7.01. The van der Waals surface area contributed by atoms with Gasteiger partial charge in [0.05, 0.1) is 11.2 Å². The van der Waals surface area contributed by atoms with Gasteiger partial charge < -0.3 is 10.4 Å². The van der Waals surface area contributed by atoms with Crippen LogP contribution in [0.5, 0.6) is 0 Å². The van der Waals surface area contributed by atoms with Gasteiger partial charge in [-0.25, -0.2) is 4.98 Å². The maximum absolute atomic E-state index is 10.8. The van der Waals surface area contributed by atoms with E-state index in [0.717, 1.165) is 56.2 Å². The first-order valence-electron chi connectivity index (χ1n) is 10.1. The van der Waals surface area contributed by atoms with Crippen LogP contribution in [0.2, 0.25) is 0 Å². The quantitative estimate of drug-likeness (QED) is 0.875. The minimum Gasteiger partial charge on any atom is -0.390 e. The van der Waals surface area contributed by atoms with E-state index in [-0.39, 0.29) is 5.60 Å². The normalized spacial score (nSPS) is 41.3. The van der Waals surface area contributed by atoms with Crippen molar-refractivity contribution in [3.8, 4) is 6.07 Å². The van der Waals surface area contributed by atoms with Crippen molar-refractivity contribution in [2.45, 2.75) is 63.1 Å². The minimum atomic E-state index is -0.350. The molecule has 4 saturated carbocycles. The Hall–Kier alpha value is -1.64. The van der Waals surface area contributed by atoms with E-state index in [4.69, 9.17) is 0 Å². The van der Waals surface area contributed by atoms with Crippen LogP contribution in [-0.4, -0.2) is 45.8 Å². The molecule has 0 amide bonds. The van der Waals surface area contributed by atoms with Crippen LogP contribution < -0.4 is 5.32 Å². The molecule has 0 spiro atoms. The highest BCUT2D eigenvalue weighted by atomic mass is 16.3. The number of likely N-dealkylation sites (tertiary alicyclic amines) is 1. The van der Waals surface area contributed by atoms with Gasteiger partial charge in [-0.3, -0.25) is 4.90 Å². The van der Waals surface area contributed by atoms with Crippen LogP contribution in [0.1, 0.15) is 49.8 Å². The highest BCUT2D eigenvalue weighted by molar-refractivity contribution is 5.52. The van der Waals surface area contributed by atoms with E-state index in [1.54, 1.807) is 0 Å². The summed E-state index contributed by atoms with van der Waals surface area (Å²) in [6.07, 6.45) is 6.80. The molecule has 5 heteroatoms. The van der Waals surface area contributed by atoms with Gasteiger partial charge in [-0.1, -0.05) is 0 Å². The average molecular weight is 352 g/mol. The summed E-state index contributed by atoms with van der Waals surface area (Å²) in [4.78, 5) is 7.22. The number of hydrogen-bond acceptors (Lipinski definition) is 5. The summed E-state index contributed by atoms with van der Waals surface area (Å²) >= 11 is 0. The molecule has 26 heavy (non-hydrogen) atoms. The van der Waals surface area contributed by atoms with Crippen LogP contribution in [-0.2, 0) is 0 Å². The molecule has 4 bridgehead atoms. The Labute approximate surface area is 155 Å². The largest absolute Gasteiger partial charge is 0.390 e. The SMILES string of the molecule is Cc1ccc(C#N)c(N[C@@H]2CCN(C3C4CC5C[C@H]3CC(O)(C5)C4)C2)n1. The lowest BCUT2D eigenvalue weighted by atomic mass is 9.52. The Kier molecular flexibility index (Phi) is 3.77. The number of pyridine rings is 1. The maximum Gasteiger partial charge on any atom is 0.144 e. The van der Waals surface area contributed by atoms with Crippen molar-refractivity contribution in [1.29, 1.82) is 5.26 Å². The van der Waals surface area contributed by atoms with Crippen LogP contribution in [0.25, 0.3) is 0 Å². The summed E-state index contributed by atoms with van der Waals surface area (Å²) in [7, 11) is 0. The van der Waals surface area contributed by atoms with E-state index in [9.17, 15) is 10.4 Å². The number of nitriles is 1. The van der Waals surface area contributed by atoms with Crippen molar-refractivity contribution in [1.82, 2.24) is 9.88 Å². The Morgan fingerprint density at radius 3 is 2.73 bits per heavy atom. The van der Waals surface area contributed by atoms with Crippen LogP contribution in [0.15, 0.2) is 12.1 Å². The van der Waals surface area contributed by atoms with Gasteiger partial charge >= 0.3 is 0 Å². The second-order valence-corrected chi connectivity index (χ2v) is 9.27. The molecule has 1 saturated heterocycles. The Balaban J connectivity index is 1.29. The lowest BCUT2D eigenvalue weighted by Crippen LogP contribution is -2.61. The highest BCUT2D eigenvalue weighted by Gasteiger charge is 2.56. The summed E-state index contributed by atoms with van der Waals surface area (Å²) in [5.74, 6) is 2.85. The third-order valence-electron chi connectivity index (χ3n) is 7.33. The van der Waals surface area contributed by atoms with Crippen molar-refractivity contribution < 1.29 is 5.11 Å². The summed E-state index contributed by atoms with van der Waals surface area (Å²) < 4.78 is 0. The molecule has 5 aliphatic rings. The predicted octanol–water partition coefficient (Wildman–Crippen LogP) is 2.69. The molecule has 5 nitrogen and oxygen atoms in total. The van der Waals surface area contributed by atoms with Crippen LogP contribution in [0, 0.1) is 36.0 Å². The van der Waals surface area contributed by atoms with Gasteiger partial charge in [0.2, 0.25) is 0 Å². The smallest absolute Gasteiger partial charge is 0.144 e. The zero-order valence-corrected chi connectivity index (χ0v) is 15.5. The molecule has 0 radical (unpaired) electrons. The summed E-state index contributed by atoms with van der Waals surface area (Å²) in [5.41, 5.74) is 1.22. The number of rotatable bonds is 3. The maximum atomic E-state index is 10.8. The van der Waals surface area contributed by atoms with E-state index in [1.165, 1.54) is 12.8 Å². The molecular weight excluding hydrogens is 324 g/mol. The number of aliphatic hydroxyl groups is 1. The van der Waals surface area contributed by atoms with Gasteiger partial charge in [-0.15, -0.1) is 0 Å². The number of aryl methyl sites for hydroxylation is 1. The van der Waals surface area contributed by atoms with Gasteiger partial charge in [0.25, 0.3) is 0 Å². The second-order valence-electron chi connectivity index (χ2n) is 9.27. The first-order chi connectivity index (χ1) is 12.5. The molecule has 0 aromatic carbocycles. The molecule has 6 rings (SSSR count). The van der Waals surface area contributed by atoms with Gasteiger partial charge in [0.1, 0.15) is 11.9 Å². The molecule has 138 valence electrons. The molecule has 5 fully saturated rings. The van der Waals surface area contributed by atoms with E-state index >= 15 is 0 Å². The molecule has 2 N–H and O–H groups in total. The monoisotopic (exact) mass is 352 g/mol. The Morgan fingerprint density at radius 2 is 2.04 bits per heavy atom. The molecule has 4 aliphatic carbocycles. The van der Waals surface area contributed by atoms with Gasteiger partial charge in [-0.05, 0) is 75.3 Å². The van der Waals surface area contributed by atoms with Gasteiger partial charge in [-0.2, -0.15) is 5.26 Å². The van der Waals surface area contributed by atoms with Crippen LogP contribution in [0.4, 0.5) is 5.82 Å². The first kappa shape index (κ1) is 16.5. The van der Waals surface area contributed by atoms with Crippen molar-refractivity contribution in [3.05, 3.63) is 23.4 Å². The highest BCUT2D eigenvalue weighted by Crippen LogP contribution is 2.57. The third kappa shape index (κ3) is 2.71. The average Bonchev–Trinajstić information content (AvgIpc) is 3.01.